The van der Waals surface area contributed by atoms with E-state index < -0.39 is 0 Å². The summed E-state index contributed by atoms with van der Waals surface area (Å²) in [6, 6.07) is 5.70. The maximum Gasteiger partial charge on any atom is 0.243 e. The summed E-state index contributed by atoms with van der Waals surface area (Å²) in [6.45, 7) is 2.74. The summed E-state index contributed by atoms with van der Waals surface area (Å²) < 4.78 is 5.30. The third kappa shape index (κ3) is 3.76. The van der Waals surface area contributed by atoms with Crippen LogP contribution < -0.4 is 15.0 Å². The van der Waals surface area contributed by atoms with Crippen LogP contribution in [0, 0.1) is 6.92 Å². The molecule has 150 valence electrons. The average Bonchev–Trinajstić information content (AvgIpc) is 3.19. The van der Waals surface area contributed by atoms with Crippen molar-refractivity contribution in [1.82, 2.24) is 15.3 Å². The summed E-state index contributed by atoms with van der Waals surface area (Å²) in [5, 5.41) is 13.8. The summed E-state index contributed by atoms with van der Waals surface area (Å²) in [4.78, 5) is 24.4. The zero-order valence-corrected chi connectivity index (χ0v) is 16.5. The van der Waals surface area contributed by atoms with E-state index in [4.69, 9.17) is 14.7 Å². The largest absolute Gasteiger partial charge is 0.497 e. The van der Waals surface area contributed by atoms with E-state index in [-0.39, 0.29) is 24.1 Å². The van der Waals surface area contributed by atoms with Crippen molar-refractivity contribution in [2.45, 2.75) is 63.6 Å². The highest BCUT2D eigenvalue weighted by Gasteiger charge is 2.34. The van der Waals surface area contributed by atoms with Crippen molar-refractivity contribution in [2.24, 2.45) is 0 Å². The minimum Gasteiger partial charge on any atom is -0.497 e. The van der Waals surface area contributed by atoms with Gasteiger partial charge in [-0.25, -0.2) is 9.97 Å². The number of hydrogen-bond acceptors (Lipinski definition) is 6. The second-order valence-electron chi connectivity index (χ2n) is 7.86. The zero-order valence-electron chi connectivity index (χ0n) is 16.5. The number of ether oxygens (including phenoxy) is 1. The van der Waals surface area contributed by atoms with Crippen molar-refractivity contribution < 1.29 is 14.6 Å². The van der Waals surface area contributed by atoms with Gasteiger partial charge in [0.05, 0.1) is 24.4 Å². The van der Waals surface area contributed by atoms with E-state index in [2.05, 4.69) is 5.32 Å². The fourth-order valence-corrected chi connectivity index (χ4v) is 4.30. The first kappa shape index (κ1) is 18.9. The van der Waals surface area contributed by atoms with Crippen LogP contribution in [0.1, 0.15) is 44.2 Å². The molecule has 1 saturated carbocycles. The maximum atomic E-state index is 12.9. The molecule has 2 heterocycles. The molecule has 1 aromatic heterocycles. The molecule has 1 aliphatic carbocycles. The Morgan fingerprint density at radius 2 is 2.00 bits per heavy atom. The van der Waals surface area contributed by atoms with Gasteiger partial charge >= 0.3 is 0 Å². The third-order valence-electron chi connectivity index (χ3n) is 5.94. The van der Waals surface area contributed by atoms with Gasteiger partial charge in [0.25, 0.3) is 0 Å². The number of amides is 1. The third-order valence-corrected chi connectivity index (χ3v) is 5.94. The maximum absolute atomic E-state index is 12.9. The number of anilines is 1. The number of rotatable bonds is 4. The Morgan fingerprint density at radius 1 is 1.21 bits per heavy atom. The second-order valence-corrected chi connectivity index (χ2v) is 7.86. The molecule has 1 aliphatic heterocycles. The van der Waals surface area contributed by atoms with Gasteiger partial charge in [-0.1, -0.05) is 0 Å². The topological polar surface area (TPSA) is 87.6 Å². The van der Waals surface area contributed by atoms with E-state index in [0.717, 1.165) is 67.4 Å². The van der Waals surface area contributed by atoms with Gasteiger partial charge in [-0.3, -0.25) is 4.79 Å². The molecule has 1 saturated heterocycles. The van der Waals surface area contributed by atoms with Crippen LogP contribution >= 0.6 is 0 Å². The van der Waals surface area contributed by atoms with Crippen molar-refractivity contribution in [2.75, 3.05) is 18.6 Å². The SMILES string of the molecule is COc1ccc2nc(N3CCCC3C(=O)NC3CCC(O)CC3)nc(C)c2c1. The van der Waals surface area contributed by atoms with Gasteiger partial charge in [0.1, 0.15) is 11.8 Å². The quantitative estimate of drug-likeness (QED) is 0.841. The van der Waals surface area contributed by atoms with Crippen molar-refractivity contribution >= 4 is 22.8 Å². The predicted octanol–water partition coefficient (Wildman–Crippen LogP) is 2.34. The van der Waals surface area contributed by atoms with Gasteiger partial charge < -0.3 is 20.1 Å². The van der Waals surface area contributed by atoms with Gasteiger partial charge in [-0.2, -0.15) is 0 Å². The predicted molar refractivity (Wildman–Crippen MR) is 108 cm³/mol. The van der Waals surface area contributed by atoms with Gasteiger partial charge in [0, 0.05) is 18.0 Å². The van der Waals surface area contributed by atoms with E-state index in [1.54, 1.807) is 7.11 Å². The number of methoxy groups -OCH3 is 1. The number of carbonyl (C=O) groups is 1. The molecular weight excluding hydrogens is 356 g/mol. The smallest absolute Gasteiger partial charge is 0.243 e. The van der Waals surface area contributed by atoms with Crippen molar-refractivity contribution in [1.29, 1.82) is 0 Å². The van der Waals surface area contributed by atoms with E-state index in [9.17, 15) is 9.90 Å². The Balaban J connectivity index is 1.53. The lowest BCUT2D eigenvalue weighted by Gasteiger charge is -2.30. The van der Waals surface area contributed by atoms with Gasteiger partial charge in [-0.15, -0.1) is 0 Å². The van der Waals surface area contributed by atoms with Crippen LogP contribution in [0.25, 0.3) is 10.9 Å². The van der Waals surface area contributed by atoms with Crippen LogP contribution in [-0.2, 0) is 4.79 Å². The van der Waals surface area contributed by atoms with Crippen LogP contribution in [0.15, 0.2) is 18.2 Å². The Morgan fingerprint density at radius 3 is 2.75 bits per heavy atom. The monoisotopic (exact) mass is 384 g/mol. The average molecular weight is 384 g/mol. The van der Waals surface area contributed by atoms with Gasteiger partial charge in [0.2, 0.25) is 11.9 Å². The molecule has 0 bridgehead atoms. The molecule has 0 spiro atoms. The summed E-state index contributed by atoms with van der Waals surface area (Å²) in [5.74, 6) is 1.45. The van der Waals surface area contributed by atoms with Crippen LogP contribution in [0.5, 0.6) is 5.75 Å². The minimum absolute atomic E-state index is 0.0509. The molecule has 28 heavy (non-hydrogen) atoms. The number of nitrogens with one attached hydrogen (secondary N) is 1. The molecule has 1 unspecified atom stereocenters. The number of carbonyl (C=O) groups excluding carboxylic acids is 1. The molecule has 4 rings (SSSR count). The van der Waals surface area contributed by atoms with Crippen molar-refractivity contribution in [3.05, 3.63) is 23.9 Å². The molecule has 2 aromatic rings. The van der Waals surface area contributed by atoms with Crippen LogP contribution in [-0.4, -0.2) is 52.8 Å². The number of aliphatic hydroxyl groups is 1. The number of hydrogen-bond donors (Lipinski definition) is 2. The first-order chi connectivity index (χ1) is 13.5. The lowest BCUT2D eigenvalue weighted by molar-refractivity contribution is -0.123. The van der Waals surface area contributed by atoms with Crippen molar-refractivity contribution in [3.63, 3.8) is 0 Å². The molecule has 1 amide bonds. The Labute approximate surface area is 165 Å². The molecule has 1 aromatic carbocycles. The highest BCUT2D eigenvalue weighted by molar-refractivity contribution is 5.87. The minimum atomic E-state index is -0.234. The number of aliphatic hydroxyl groups excluding tert-OH is 1. The standard InChI is InChI=1S/C21H28N4O3/c1-13-17-12-16(28-2)9-10-18(17)24-21(22-13)25-11-3-4-19(25)20(27)23-14-5-7-15(26)8-6-14/h9-10,12,14-15,19,26H,3-8,11H2,1-2H3,(H,23,27). The van der Waals surface area contributed by atoms with E-state index in [1.165, 1.54) is 0 Å². The van der Waals surface area contributed by atoms with Crippen LogP contribution in [0.3, 0.4) is 0 Å². The highest BCUT2D eigenvalue weighted by atomic mass is 16.5. The van der Waals surface area contributed by atoms with Crippen molar-refractivity contribution in [3.8, 4) is 5.75 Å². The Bertz CT molecular complexity index is 864. The number of fused-ring (bicyclic) bond motifs is 1. The first-order valence-corrected chi connectivity index (χ1v) is 10.1. The number of aromatic nitrogens is 2. The molecule has 2 fully saturated rings. The van der Waals surface area contributed by atoms with E-state index in [0.29, 0.717) is 5.95 Å². The summed E-state index contributed by atoms with van der Waals surface area (Å²) in [7, 11) is 1.65. The summed E-state index contributed by atoms with van der Waals surface area (Å²) in [5.41, 5.74) is 1.74. The molecule has 2 N–H and O–H groups in total. The zero-order chi connectivity index (χ0) is 19.7. The Hall–Kier alpha value is -2.41. The molecule has 0 radical (unpaired) electrons. The Kier molecular flexibility index (Phi) is 5.35. The fourth-order valence-electron chi connectivity index (χ4n) is 4.30. The van der Waals surface area contributed by atoms with Gasteiger partial charge in [-0.05, 0) is 63.6 Å². The number of nitrogens with zero attached hydrogens (tertiary/aromatic N) is 3. The summed E-state index contributed by atoms with van der Waals surface area (Å²) in [6.07, 6.45) is 4.74. The lowest BCUT2D eigenvalue weighted by atomic mass is 9.93. The first-order valence-electron chi connectivity index (χ1n) is 10.1. The lowest BCUT2D eigenvalue weighted by Crippen LogP contribution is -2.48. The molecule has 7 nitrogen and oxygen atoms in total. The summed E-state index contributed by atoms with van der Waals surface area (Å²) >= 11 is 0. The molecule has 1 atom stereocenters. The number of aryl methyl sites for hydroxylation is 1. The molecule has 2 aliphatic rings. The normalized spacial score (nSPS) is 25.1. The number of benzene rings is 1. The second kappa shape index (κ2) is 7.91. The van der Waals surface area contributed by atoms with E-state index in [1.807, 2.05) is 30.0 Å². The van der Waals surface area contributed by atoms with Gasteiger partial charge in [0.15, 0.2) is 0 Å². The van der Waals surface area contributed by atoms with Crippen LogP contribution in [0.4, 0.5) is 5.95 Å². The van der Waals surface area contributed by atoms with Crippen LogP contribution in [0.2, 0.25) is 0 Å². The highest BCUT2D eigenvalue weighted by Crippen LogP contribution is 2.28. The molecular formula is C21H28N4O3. The molecule has 7 heteroatoms. The van der Waals surface area contributed by atoms with E-state index >= 15 is 0 Å². The fraction of sp³-hybridized carbons (Fsp3) is 0.571.